The Morgan fingerprint density at radius 1 is 1.50 bits per heavy atom. The largest absolute Gasteiger partial charge is 0.348 e. The highest BCUT2D eigenvalue weighted by atomic mass is 16.2. The van der Waals surface area contributed by atoms with Crippen LogP contribution in [0.5, 0.6) is 0 Å². The molecular formula is C11H18N4O. The predicted molar refractivity (Wildman–Crippen MR) is 61.2 cm³/mol. The smallest absolute Gasteiger partial charge is 0.319 e. The molecule has 0 aromatic carbocycles. The fourth-order valence-electron chi connectivity index (χ4n) is 2.13. The van der Waals surface area contributed by atoms with Gasteiger partial charge in [-0.1, -0.05) is 0 Å². The van der Waals surface area contributed by atoms with E-state index in [0.29, 0.717) is 5.92 Å². The van der Waals surface area contributed by atoms with Gasteiger partial charge in [0.05, 0.1) is 0 Å². The number of nitrogens with one attached hydrogen (secondary N) is 1. The molecule has 16 heavy (non-hydrogen) atoms. The molecule has 1 aromatic heterocycles. The summed E-state index contributed by atoms with van der Waals surface area (Å²) in [5, 5.41) is 0. The van der Waals surface area contributed by atoms with Gasteiger partial charge < -0.3 is 14.8 Å². The van der Waals surface area contributed by atoms with E-state index in [9.17, 15) is 4.79 Å². The Balaban J connectivity index is 1.90. The van der Waals surface area contributed by atoms with Crippen LogP contribution in [0.3, 0.4) is 0 Å². The number of hydrogen-bond acceptors (Lipinski definition) is 2. The molecule has 1 fully saturated rings. The van der Waals surface area contributed by atoms with E-state index in [1.165, 1.54) is 0 Å². The molecule has 2 rings (SSSR count). The molecule has 2 heterocycles. The number of carbonyl (C=O) groups excluding carboxylic acids is 1. The highest BCUT2D eigenvalue weighted by Gasteiger charge is 2.25. The summed E-state index contributed by atoms with van der Waals surface area (Å²) in [6.07, 6.45) is 5.62. The topological polar surface area (TPSA) is 52.2 Å². The molecule has 0 bridgehead atoms. The minimum absolute atomic E-state index is 0.109. The van der Waals surface area contributed by atoms with Gasteiger partial charge in [-0.15, -0.1) is 0 Å². The van der Waals surface area contributed by atoms with Gasteiger partial charge in [0.2, 0.25) is 0 Å². The van der Waals surface area contributed by atoms with Gasteiger partial charge in [0.15, 0.2) is 0 Å². The SMILES string of the molecule is CN(C)C(=O)N1CCC(c2ncc[nH]2)CC1. The van der Waals surface area contributed by atoms with Gasteiger partial charge in [-0.25, -0.2) is 9.78 Å². The minimum Gasteiger partial charge on any atom is -0.348 e. The van der Waals surface area contributed by atoms with Gasteiger partial charge in [-0.3, -0.25) is 0 Å². The second kappa shape index (κ2) is 4.55. The number of aromatic amines is 1. The maximum Gasteiger partial charge on any atom is 0.319 e. The van der Waals surface area contributed by atoms with Crippen molar-refractivity contribution in [1.82, 2.24) is 19.8 Å². The molecule has 88 valence electrons. The van der Waals surface area contributed by atoms with Crippen LogP contribution in [0.25, 0.3) is 0 Å². The van der Waals surface area contributed by atoms with Crippen molar-refractivity contribution in [2.45, 2.75) is 18.8 Å². The molecule has 0 radical (unpaired) electrons. The molecule has 0 aliphatic carbocycles. The first-order valence-electron chi connectivity index (χ1n) is 5.64. The van der Waals surface area contributed by atoms with Crippen molar-refractivity contribution in [2.75, 3.05) is 27.2 Å². The maximum absolute atomic E-state index is 11.7. The molecular weight excluding hydrogens is 204 g/mol. The van der Waals surface area contributed by atoms with Gasteiger partial charge in [0.1, 0.15) is 5.82 Å². The number of nitrogens with zero attached hydrogens (tertiary/aromatic N) is 3. The predicted octanol–water partition coefficient (Wildman–Crippen LogP) is 1.27. The Bertz CT molecular complexity index is 339. The van der Waals surface area contributed by atoms with Gasteiger partial charge in [-0.05, 0) is 12.8 Å². The number of imidazole rings is 1. The van der Waals surface area contributed by atoms with Gasteiger partial charge >= 0.3 is 6.03 Å². The summed E-state index contributed by atoms with van der Waals surface area (Å²) in [7, 11) is 3.59. The van der Waals surface area contributed by atoms with Gasteiger partial charge in [-0.2, -0.15) is 0 Å². The fourth-order valence-corrected chi connectivity index (χ4v) is 2.13. The van der Waals surface area contributed by atoms with E-state index in [1.54, 1.807) is 25.2 Å². The van der Waals surface area contributed by atoms with Crippen molar-refractivity contribution < 1.29 is 4.79 Å². The zero-order valence-corrected chi connectivity index (χ0v) is 9.81. The van der Waals surface area contributed by atoms with Crippen molar-refractivity contribution in [3.05, 3.63) is 18.2 Å². The molecule has 0 atom stereocenters. The lowest BCUT2D eigenvalue weighted by Crippen LogP contribution is -2.43. The lowest BCUT2D eigenvalue weighted by Gasteiger charge is -2.32. The molecule has 5 nitrogen and oxygen atoms in total. The Morgan fingerprint density at radius 3 is 2.69 bits per heavy atom. The Morgan fingerprint density at radius 2 is 2.19 bits per heavy atom. The van der Waals surface area contributed by atoms with Crippen LogP contribution < -0.4 is 0 Å². The Hall–Kier alpha value is -1.52. The van der Waals surface area contributed by atoms with Crippen LogP contribution in [0.1, 0.15) is 24.6 Å². The van der Waals surface area contributed by atoms with E-state index in [2.05, 4.69) is 9.97 Å². The number of aromatic nitrogens is 2. The molecule has 1 aliphatic heterocycles. The highest BCUT2D eigenvalue weighted by molar-refractivity contribution is 5.73. The summed E-state index contributed by atoms with van der Waals surface area (Å²) in [4.78, 5) is 22.7. The molecule has 1 saturated heterocycles. The number of piperidine rings is 1. The van der Waals surface area contributed by atoms with Crippen molar-refractivity contribution in [3.8, 4) is 0 Å². The molecule has 0 saturated carbocycles. The van der Waals surface area contributed by atoms with Crippen LogP contribution >= 0.6 is 0 Å². The van der Waals surface area contributed by atoms with Crippen LogP contribution in [0, 0.1) is 0 Å². The van der Waals surface area contributed by atoms with Crippen molar-refractivity contribution in [1.29, 1.82) is 0 Å². The molecule has 1 aromatic rings. The molecule has 0 spiro atoms. The van der Waals surface area contributed by atoms with Gasteiger partial charge in [0, 0.05) is 45.5 Å². The molecule has 5 heteroatoms. The standard InChI is InChI=1S/C11H18N4O/c1-14(2)11(16)15-7-3-9(4-8-15)10-12-5-6-13-10/h5-6,9H,3-4,7-8H2,1-2H3,(H,12,13). The lowest BCUT2D eigenvalue weighted by atomic mass is 9.96. The lowest BCUT2D eigenvalue weighted by molar-refractivity contribution is 0.155. The summed E-state index contributed by atoms with van der Waals surface area (Å²) in [5.41, 5.74) is 0. The van der Waals surface area contributed by atoms with Crippen molar-refractivity contribution in [2.24, 2.45) is 0 Å². The first kappa shape index (κ1) is 11.0. The normalized spacial score (nSPS) is 17.5. The third kappa shape index (κ3) is 2.18. The van der Waals surface area contributed by atoms with Crippen LogP contribution in [0.15, 0.2) is 12.4 Å². The second-order valence-corrected chi connectivity index (χ2v) is 4.41. The van der Waals surface area contributed by atoms with Crippen molar-refractivity contribution in [3.63, 3.8) is 0 Å². The van der Waals surface area contributed by atoms with Crippen LogP contribution in [0.2, 0.25) is 0 Å². The number of hydrogen-bond donors (Lipinski definition) is 1. The van der Waals surface area contributed by atoms with Crippen LogP contribution in [-0.2, 0) is 0 Å². The number of rotatable bonds is 1. The van der Waals surface area contributed by atoms with Gasteiger partial charge in [0.25, 0.3) is 0 Å². The third-order valence-electron chi connectivity index (χ3n) is 3.05. The van der Waals surface area contributed by atoms with Crippen LogP contribution in [-0.4, -0.2) is 53.0 Å². The fraction of sp³-hybridized carbons (Fsp3) is 0.636. The average molecular weight is 222 g/mol. The minimum atomic E-state index is 0.109. The van der Waals surface area contributed by atoms with Crippen LogP contribution in [0.4, 0.5) is 4.79 Å². The summed E-state index contributed by atoms with van der Waals surface area (Å²) < 4.78 is 0. The van der Waals surface area contributed by atoms with Crippen molar-refractivity contribution >= 4 is 6.03 Å². The zero-order valence-electron chi connectivity index (χ0n) is 9.81. The summed E-state index contributed by atoms with van der Waals surface area (Å²) in [6, 6.07) is 0.109. The summed E-state index contributed by atoms with van der Waals surface area (Å²) >= 11 is 0. The number of carbonyl (C=O) groups is 1. The Labute approximate surface area is 95.5 Å². The number of likely N-dealkylation sites (tertiary alicyclic amines) is 1. The van der Waals surface area contributed by atoms with E-state index in [4.69, 9.17) is 0 Å². The first-order valence-corrected chi connectivity index (χ1v) is 5.64. The number of amides is 2. The molecule has 1 N–H and O–H groups in total. The summed E-state index contributed by atoms with van der Waals surface area (Å²) in [5.74, 6) is 1.53. The maximum atomic E-state index is 11.7. The molecule has 0 unspecified atom stereocenters. The van der Waals surface area contributed by atoms with E-state index >= 15 is 0 Å². The van der Waals surface area contributed by atoms with E-state index in [1.807, 2.05) is 11.1 Å². The molecule has 1 aliphatic rings. The molecule has 2 amide bonds. The first-order chi connectivity index (χ1) is 7.68. The third-order valence-corrected chi connectivity index (χ3v) is 3.05. The van der Waals surface area contributed by atoms with E-state index in [0.717, 1.165) is 31.8 Å². The summed E-state index contributed by atoms with van der Waals surface area (Å²) in [6.45, 7) is 1.64. The monoisotopic (exact) mass is 222 g/mol. The Kier molecular flexibility index (Phi) is 3.12. The van der Waals surface area contributed by atoms with E-state index in [-0.39, 0.29) is 6.03 Å². The average Bonchev–Trinajstić information content (AvgIpc) is 2.81. The number of H-pyrrole nitrogens is 1. The number of urea groups is 1. The second-order valence-electron chi connectivity index (χ2n) is 4.41. The zero-order chi connectivity index (χ0) is 11.5. The highest BCUT2D eigenvalue weighted by Crippen LogP contribution is 2.25. The quantitative estimate of drug-likeness (QED) is 0.778. The van der Waals surface area contributed by atoms with E-state index < -0.39 is 0 Å².